The van der Waals surface area contributed by atoms with Gasteiger partial charge >= 0.3 is 0 Å². The fourth-order valence-electron chi connectivity index (χ4n) is 2.75. The number of pyridine rings is 1. The third-order valence-corrected chi connectivity index (χ3v) is 4.32. The zero-order chi connectivity index (χ0) is 13.9. The average molecular weight is 290 g/mol. The lowest BCUT2D eigenvalue weighted by molar-refractivity contribution is 0.155. The summed E-state index contributed by atoms with van der Waals surface area (Å²) in [5, 5.41) is 1.98. The van der Waals surface area contributed by atoms with Gasteiger partial charge in [0.1, 0.15) is 0 Å². The fraction of sp³-hybridized carbons (Fsp3) is 0.438. The Balaban J connectivity index is 1.71. The van der Waals surface area contributed by atoms with E-state index in [-0.39, 0.29) is 0 Å². The Morgan fingerprint density at radius 3 is 2.75 bits per heavy atom. The van der Waals surface area contributed by atoms with Gasteiger partial charge < -0.3 is 9.80 Å². The monoisotopic (exact) mass is 289 g/mol. The molecule has 0 unspecified atom stereocenters. The molecule has 0 aliphatic carbocycles. The summed E-state index contributed by atoms with van der Waals surface area (Å²) in [7, 11) is 2.19. The number of hydrogen-bond acceptors (Lipinski definition) is 3. The van der Waals surface area contributed by atoms with Crippen molar-refractivity contribution in [1.29, 1.82) is 0 Å². The number of rotatable bonds is 3. The molecule has 0 amide bonds. The Morgan fingerprint density at radius 2 is 1.95 bits per heavy atom. The molecule has 4 heteroatoms. The SMILES string of the molecule is CN1CCN(CCc2ccnc3cc(Cl)ccc23)CC1. The lowest BCUT2D eigenvalue weighted by atomic mass is 10.1. The van der Waals surface area contributed by atoms with Crippen LogP contribution in [-0.2, 0) is 6.42 Å². The van der Waals surface area contributed by atoms with Crippen LogP contribution >= 0.6 is 11.6 Å². The molecule has 0 atom stereocenters. The second kappa shape index (κ2) is 6.08. The molecule has 3 rings (SSSR count). The largest absolute Gasteiger partial charge is 0.304 e. The van der Waals surface area contributed by atoms with E-state index in [0.29, 0.717) is 0 Å². The summed E-state index contributed by atoms with van der Waals surface area (Å²) in [6.45, 7) is 5.81. The molecule has 1 fully saturated rings. The predicted octanol–water partition coefficient (Wildman–Crippen LogP) is 2.68. The molecule has 1 aromatic carbocycles. The van der Waals surface area contributed by atoms with Crippen LogP contribution in [0, 0.1) is 0 Å². The Kier molecular flexibility index (Phi) is 4.20. The number of fused-ring (bicyclic) bond motifs is 1. The molecule has 3 nitrogen and oxygen atoms in total. The minimum absolute atomic E-state index is 0.751. The van der Waals surface area contributed by atoms with Crippen LogP contribution in [0.5, 0.6) is 0 Å². The van der Waals surface area contributed by atoms with Crippen LogP contribution < -0.4 is 0 Å². The van der Waals surface area contributed by atoms with Crippen molar-refractivity contribution in [1.82, 2.24) is 14.8 Å². The van der Waals surface area contributed by atoms with E-state index < -0.39 is 0 Å². The summed E-state index contributed by atoms with van der Waals surface area (Å²) in [4.78, 5) is 9.34. The van der Waals surface area contributed by atoms with Crippen molar-refractivity contribution >= 4 is 22.5 Å². The smallest absolute Gasteiger partial charge is 0.0719 e. The van der Waals surface area contributed by atoms with Gasteiger partial charge in [-0.1, -0.05) is 17.7 Å². The highest BCUT2D eigenvalue weighted by atomic mass is 35.5. The second-order valence-corrected chi connectivity index (χ2v) is 5.96. The topological polar surface area (TPSA) is 19.4 Å². The molecule has 0 saturated carbocycles. The molecule has 20 heavy (non-hydrogen) atoms. The van der Waals surface area contributed by atoms with E-state index in [9.17, 15) is 0 Å². The minimum Gasteiger partial charge on any atom is -0.304 e. The molecular formula is C16H20ClN3. The summed E-state index contributed by atoms with van der Waals surface area (Å²) in [6, 6.07) is 8.11. The second-order valence-electron chi connectivity index (χ2n) is 5.53. The fourth-order valence-corrected chi connectivity index (χ4v) is 2.91. The van der Waals surface area contributed by atoms with Crippen molar-refractivity contribution in [3.8, 4) is 0 Å². The molecule has 2 aromatic rings. The van der Waals surface area contributed by atoms with E-state index in [1.54, 1.807) is 0 Å². The van der Waals surface area contributed by atoms with Crippen LogP contribution in [0.4, 0.5) is 0 Å². The van der Waals surface area contributed by atoms with E-state index in [4.69, 9.17) is 11.6 Å². The molecule has 1 aliphatic rings. The summed E-state index contributed by atoms with van der Waals surface area (Å²) >= 11 is 6.03. The maximum Gasteiger partial charge on any atom is 0.0719 e. The molecule has 106 valence electrons. The van der Waals surface area contributed by atoms with Gasteiger partial charge in [0.15, 0.2) is 0 Å². The van der Waals surface area contributed by atoms with Crippen molar-refractivity contribution in [2.24, 2.45) is 0 Å². The lowest BCUT2D eigenvalue weighted by Gasteiger charge is -2.32. The third-order valence-electron chi connectivity index (χ3n) is 4.09. The van der Waals surface area contributed by atoms with Crippen molar-refractivity contribution in [2.75, 3.05) is 39.8 Å². The molecular weight excluding hydrogens is 270 g/mol. The molecule has 2 heterocycles. The Hall–Kier alpha value is -1.16. The molecule has 1 aliphatic heterocycles. The summed E-state index contributed by atoms with van der Waals surface area (Å²) in [5.74, 6) is 0. The highest BCUT2D eigenvalue weighted by Crippen LogP contribution is 2.21. The Labute approximate surface area is 125 Å². The maximum atomic E-state index is 6.03. The number of aromatic nitrogens is 1. The quantitative estimate of drug-likeness (QED) is 0.866. The summed E-state index contributed by atoms with van der Waals surface area (Å²) in [5.41, 5.74) is 2.36. The van der Waals surface area contributed by atoms with Crippen molar-refractivity contribution in [3.63, 3.8) is 0 Å². The molecule has 1 aromatic heterocycles. The van der Waals surface area contributed by atoms with Gasteiger partial charge in [-0.3, -0.25) is 4.98 Å². The standard InChI is InChI=1S/C16H20ClN3/c1-19-8-10-20(11-9-19)7-5-13-4-6-18-16-12-14(17)2-3-15(13)16/h2-4,6,12H,5,7-11H2,1H3. The van der Waals surface area contributed by atoms with Crippen LogP contribution in [0.2, 0.25) is 5.02 Å². The number of benzene rings is 1. The van der Waals surface area contributed by atoms with Gasteiger partial charge in [0.05, 0.1) is 5.52 Å². The highest BCUT2D eigenvalue weighted by Gasteiger charge is 2.13. The van der Waals surface area contributed by atoms with Gasteiger partial charge in [0.25, 0.3) is 0 Å². The van der Waals surface area contributed by atoms with E-state index in [0.717, 1.165) is 23.5 Å². The van der Waals surface area contributed by atoms with Crippen LogP contribution in [0.3, 0.4) is 0 Å². The van der Waals surface area contributed by atoms with Crippen LogP contribution in [0.25, 0.3) is 10.9 Å². The van der Waals surface area contributed by atoms with E-state index in [1.807, 2.05) is 18.3 Å². The number of piperazine rings is 1. The summed E-state index contributed by atoms with van der Waals surface area (Å²) < 4.78 is 0. The zero-order valence-corrected chi connectivity index (χ0v) is 12.6. The lowest BCUT2D eigenvalue weighted by Crippen LogP contribution is -2.45. The minimum atomic E-state index is 0.751. The number of nitrogens with zero attached hydrogens (tertiary/aromatic N) is 3. The van der Waals surface area contributed by atoms with Crippen molar-refractivity contribution in [3.05, 3.63) is 41.0 Å². The maximum absolute atomic E-state index is 6.03. The molecule has 0 spiro atoms. The average Bonchev–Trinajstić information content (AvgIpc) is 2.46. The van der Waals surface area contributed by atoms with Gasteiger partial charge in [0.2, 0.25) is 0 Å². The summed E-state index contributed by atoms with van der Waals surface area (Å²) in [6.07, 6.45) is 2.96. The van der Waals surface area contributed by atoms with Crippen molar-refractivity contribution in [2.45, 2.75) is 6.42 Å². The van der Waals surface area contributed by atoms with Gasteiger partial charge in [-0.15, -0.1) is 0 Å². The molecule has 0 radical (unpaired) electrons. The predicted molar refractivity (Wildman–Crippen MR) is 84.4 cm³/mol. The molecule has 0 N–H and O–H groups in total. The van der Waals surface area contributed by atoms with Crippen LogP contribution in [-0.4, -0.2) is 54.6 Å². The first kappa shape index (κ1) is 13.8. The highest BCUT2D eigenvalue weighted by molar-refractivity contribution is 6.31. The van der Waals surface area contributed by atoms with Gasteiger partial charge in [-0.05, 0) is 37.2 Å². The normalized spacial score (nSPS) is 17.7. The van der Waals surface area contributed by atoms with Crippen LogP contribution in [0.1, 0.15) is 5.56 Å². The van der Waals surface area contributed by atoms with E-state index in [1.165, 1.54) is 37.1 Å². The zero-order valence-electron chi connectivity index (χ0n) is 11.8. The first-order chi connectivity index (χ1) is 9.72. The van der Waals surface area contributed by atoms with Gasteiger partial charge in [-0.25, -0.2) is 0 Å². The van der Waals surface area contributed by atoms with Gasteiger partial charge in [0, 0.05) is 49.3 Å². The first-order valence-electron chi connectivity index (χ1n) is 7.16. The Bertz CT molecular complexity index is 591. The molecule has 0 bridgehead atoms. The number of likely N-dealkylation sites (N-methyl/N-ethyl adjacent to an activating group) is 1. The van der Waals surface area contributed by atoms with Crippen molar-refractivity contribution < 1.29 is 0 Å². The number of halogens is 1. The first-order valence-corrected chi connectivity index (χ1v) is 7.54. The van der Waals surface area contributed by atoms with E-state index >= 15 is 0 Å². The van der Waals surface area contributed by atoms with Crippen LogP contribution in [0.15, 0.2) is 30.5 Å². The third kappa shape index (κ3) is 3.11. The Morgan fingerprint density at radius 1 is 1.15 bits per heavy atom. The van der Waals surface area contributed by atoms with E-state index in [2.05, 4.69) is 34.0 Å². The number of hydrogen-bond donors (Lipinski definition) is 0. The molecule has 1 saturated heterocycles. The van der Waals surface area contributed by atoms with Gasteiger partial charge in [-0.2, -0.15) is 0 Å².